The summed E-state index contributed by atoms with van der Waals surface area (Å²) in [6, 6.07) is 0. The van der Waals surface area contributed by atoms with Gasteiger partial charge in [0.25, 0.3) is 0 Å². The Morgan fingerprint density at radius 2 is 2.00 bits per heavy atom. The van der Waals surface area contributed by atoms with Gasteiger partial charge in [-0.3, -0.25) is 0 Å². The molecule has 1 N–H and O–H groups in total. The van der Waals surface area contributed by atoms with E-state index < -0.39 is 0 Å². The van der Waals surface area contributed by atoms with Crippen LogP contribution in [-0.2, 0) is 0 Å². The average molecular weight is 126 g/mol. The molecule has 1 nitrogen and oxygen atoms in total. The molecular formula is C8H14O. The van der Waals surface area contributed by atoms with Crippen LogP contribution in [0.15, 0.2) is 0 Å². The molecule has 0 bridgehead atoms. The van der Waals surface area contributed by atoms with Crippen LogP contribution in [0.2, 0.25) is 0 Å². The fourth-order valence-electron chi connectivity index (χ4n) is 0.418. The number of rotatable bonds is 1. The summed E-state index contributed by atoms with van der Waals surface area (Å²) >= 11 is 0. The highest BCUT2D eigenvalue weighted by Crippen LogP contribution is 2.20. The molecule has 0 unspecified atom stereocenters. The normalized spacial score (nSPS) is 14.6. The molecule has 0 aromatic heterocycles. The summed E-state index contributed by atoms with van der Waals surface area (Å²) in [4.78, 5) is 0. The summed E-state index contributed by atoms with van der Waals surface area (Å²) in [5.74, 6) is 2.42. The molecule has 0 heterocycles. The lowest BCUT2D eigenvalue weighted by atomic mass is 9.87. The Kier molecular flexibility index (Phi) is 2.73. The molecule has 0 aromatic carbocycles. The van der Waals surface area contributed by atoms with E-state index in [1.807, 2.05) is 20.8 Å². The van der Waals surface area contributed by atoms with Gasteiger partial charge in [0.1, 0.15) is 0 Å². The first kappa shape index (κ1) is 8.52. The molecule has 0 rings (SSSR count). The van der Waals surface area contributed by atoms with Gasteiger partial charge in [-0.25, -0.2) is 0 Å². The summed E-state index contributed by atoms with van der Waals surface area (Å²) in [5.41, 5.74) is -0.0770. The molecular weight excluding hydrogens is 112 g/mol. The fourth-order valence-corrected chi connectivity index (χ4v) is 0.418. The summed E-state index contributed by atoms with van der Waals surface area (Å²) < 4.78 is 0. The van der Waals surface area contributed by atoms with Crippen molar-refractivity contribution in [1.82, 2.24) is 0 Å². The summed E-state index contributed by atoms with van der Waals surface area (Å²) in [6.45, 7) is 5.90. The minimum atomic E-state index is -0.373. The molecule has 0 spiro atoms. The van der Waals surface area contributed by atoms with E-state index in [0.717, 1.165) is 0 Å². The van der Waals surface area contributed by atoms with Crippen LogP contribution in [0.3, 0.4) is 0 Å². The predicted molar refractivity (Wildman–Crippen MR) is 38.9 cm³/mol. The van der Waals surface area contributed by atoms with E-state index in [0.29, 0.717) is 6.42 Å². The van der Waals surface area contributed by atoms with Crippen LogP contribution < -0.4 is 0 Å². The zero-order chi connectivity index (χ0) is 7.49. The largest absolute Gasteiger partial charge is 0.392 e. The van der Waals surface area contributed by atoms with E-state index in [4.69, 9.17) is 6.42 Å². The SMILES string of the molecule is C#CC[C@H](O)C(C)(C)C. The van der Waals surface area contributed by atoms with Crippen LogP contribution in [0.1, 0.15) is 27.2 Å². The topological polar surface area (TPSA) is 20.2 Å². The van der Waals surface area contributed by atoms with Crippen molar-refractivity contribution >= 4 is 0 Å². The van der Waals surface area contributed by atoms with Crippen molar-refractivity contribution < 1.29 is 5.11 Å². The minimum absolute atomic E-state index is 0.0770. The maximum Gasteiger partial charge on any atom is 0.0697 e. The van der Waals surface area contributed by atoms with Crippen LogP contribution in [0.5, 0.6) is 0 Å². The van der Waals surface area contributed by atoms with Crippen molar-refractivity contribution in [1.29, 1.82) is 0 Å². The van der Waals surface area contributed by atoms with Crippen LogP contribution >= 0.6 is 0 Å². The fraction of sp³-hybridized carbons (Fsp3) is 0.750. The second kappa shape index (κ2) is 2.89. The molecule has 1 heteroatoms. The highest BCUT2D eigenvalue weighted by atomic mass is 16.3. The van der Waals surface area contributed by atoms with Crippen molar-refractivity contribution in [3.05, 3.63) is 0 Å². The van der Waals surface area contributed by atoms with Gasteiger partial charge in [0, 0.05) is 6.42 Å². The number of hydrogen-bond donors (Lipinski definition) is 1. The predicted octanol–water partition coefficient (Wildman–Crippen LogP) is 1.42. The molecule has 9 heavy (non-hydrogen) atoms. The quantitative estimate of drug-likeness (QED) is 0.527. The third kappa shape index (κ3) is 3.16. The maximum absolute atomic E-state index is 9.24. The van der Waals surface area contributed by atoms with Gasteiger partial charge in [-0.05, 0) is 5.41 Å². The van der Waals surface area contributed by atoms with Gasteiger partial charge in [-0.2, -0.15) is 0 Å². The monoisotopic (exact) mass is 126 g/mol. The number of terminal acetylenes is 1. The third-order valence-electron chi connectivity index (χ3n) is 1.31. The Balaban J connectivity index is 3.76. The van der Waals surface area contributed by atoms with Crippen molar-refractivity contribution in [3.63, 3.8) is 0 Å². The lowest BCUT2D eigenvalue weighted by molar-refractivity contribution is 0.0678. The van der Waals surface area contributed by atoms with Crippen LogP contribution in [0.25, 0.3) is 0 Å². The Bertz CT molecular complexity index is 114. The van der Waals surface area contributed by atoms with Crippen LogP contribution in [-0.4, -0.2) is 11.2 Å². The molecule has 0 fully saturated rings. The van der Waals surface area contributed by atoms with Crippen molar-refractivity contribution in [3.8, 4) is 12.3 Å². The van der Waals surface area contributed by atoms with Gasteiger partial charge in [0.05, 0.1) is 6.10 Å². The van der Waals surface area contributed by atoms with E-state index in [1.165, 1.54) is 0 Å². The smallest absolute Gasteiger partial charge is 0.0697 e. The van der Waals surface area contributed by atoms with Crippen molar-refractivity contribution in [2.45, 2.75) is 33.3 Å². The first-order valence-corrected chi connectivity index (χ1v) is 3.10. The standard InChI is InChI=1S/C8H14O/c1-5-6-7(9)8(2,3)4/h1,7,9H,6H2,2-4H3/t7-/m0/s1. The minimum Gasteiger partial charge on any atom is -0.392 e. The van der Waals surface area contributed by atoms with E-state index in [2.05, 4.69) is 5.92 Å². The first-order chi connectivity index (χ1) is 3.98. The summed E-state index contributed by atoms with van der Waals surface area (Å²) in [6.07, 6.45) is 5.09. The highest BCUT2D eigenvalue weighted by Gasteiger charge is 2.20. The first-order valence-electron chi connectivity index (χ1n) is 3.10. The third-order valence-corrected chi connectivity index (χ3v) is 1.31. The number of hydrogen-bond acceptors (Lipinski definition) is 1. The van der Waals surface area contributed by atoms with E-state index >= 15 is 0 Å². The van der Waals surface area contributed by atoms with Crippen molar-refractivity contribution in [2.24, 2.45) is 5.41 Å². The van der Waals surface area contributed by atoms with E-state index in [9.17, 15) is 5.11 Å². The van der Waals surface area contributed by atoms with Gasteiger partial charge in [-0.15, -0.1) is 12.3 Å². The lowest BCUT2D eigenvalue weighted by Crippen LogP contribution is -2.25. The van der Waals surface area contributed by atoms with Gasteiger partial charge in [0.15, 0.2) is 0 Å². The summed E-state index contributed by atoms with van der Waals surface area (Å²) in [7, 11) is 0. The second-order valence-corrected chi connectivity index (χ2v) is 3.29. The Morgan fingerprint density at radius 3 is 2.11 bits per heavy atom. The highest BCUT2D eigenvalue weighted by molar-refractivity contribution is 4.90. The van der Waals surface area contributed by atoms with Crippen LogP contribution in [0.4, 0.5) is 0 Å². The average Bonchev–Trinajstić information content (AvgIpc) is 1.64. The van der Waals surface area contributed by atoms with E-state index in [-0.39, 0.29) is 11.5 Å². The zero-order valence-electron chi connectivity index (χ0n) is 6.31. The molecule has 0 radical (unpaired) electrons. The molecule has 0 amide bonds. The Labute approximate surface area is 57.1 Å². The van der Waals surface area contributed by atoms with Crippen LogP contribution in [0, 0.1) is 17.8 Å². The Hall–Kier alpha value is -0.480. The number of aliphatic hydroxyl groups excluding tert-OH is 1. The van der Waals surface area contributed by atoms with Gasteiger partial charge in [-0.1, -0.05) is 20.8 Å². The van der Waals surface area contributed by atoms with Gasteiger partial charge < -0.3 is 5.11 Å². The van der Waals surface area contributed by atoms with Crippen molar-refractivity contribution in [2.75, 3.05) is 0 Å². The molecule has 0 saturated carbocycles. The summed E-state index contributed by atoms with van der Waals surface area (Å²) in [5, 5.41) is 9.24. The van der Waals surface area contributed by atoms with E-state index in [1.54, 1.807) is 0 Å². The van der Waals surface area contributed by atoms with Gasteiger partial charge >= 0.3 is 0 Å². The molecule has 1 atom stereocenters. The zero-order valence-corrected chi connectivity index (χ0v) is 6.31. The lowest BCUT2D eigenvalue weighted by Gasteiger charge is -2.23. The second-order valence-electron chi connectivity index (χ2n) is 3.29. The molecule has 0 aliphatic rings. The molecule has 0 aliphatic carbocycles. The molecule has 52 valence electrons. The maximum atomic E-state index is 9.24. The number of aliphatic hydroxyl groups is 1. The molecule has 0 aliphatic heterocycles. The van der Waals surface area contributed by atoms with Gasteiger partial charge in [0.2, 0.25) is 0 Å². The molecule has 0 aromatic rings. The molecule has 0 saturated heterocycles. The Morgan fingerprint density at radius 1 is 1.56 bits per heavy atom.